The molecule has 2 amide bonds. The minimum Gasteiger partial charge on any atom is -0.371 e. The number of carbonyl (C=O) groups is 2. The van der Waals surface area contributed by atoms with Crippen LogP contribution in [0.2, 0.25) is 0 Å². The molecule has 1 saturated heterocycles. The maximum absolute atomic E-state index is 11.6. The van der Waals surface area contributed by atoms with Gasteiger partial charge in [-0.15, -0.1) is 0 Å². The van der Waals surface area contributed by atoms with Gasteiger partial charge in [0.1, 0.15) is 0 Å². The predicted octanol–water partition coefficient (Wildman–Crippen LogP) is 2.48. The lowest BCUT2D eigenvalue weighted by atomic mass is 10.0. The lowest BCUT2D eigenvalue weighted by Crippen LogP contribution is -2.21. The number of fused-ring (bicyclic) bond motifs is 1. The summed E-state index contributed by atoms with van der Waals surface area (Å²) in [4.78, 5) is 25.6. The van der Waals surface area contributed by atoms with Crippen molar-refractivity contribution in [1.82, 2.24) is 5.32 Å². The average Bonchev–Trinajstić information content (AvgIpc) is 2.91. The number of imide groups is 1. The Morgan fingerprint density at radius 3 is 2.89 bits per heavy atom. The third kappa shape index (κ3) is 2.14. The van der Waals surface area contributed by atoms with Crippen molar-refractivity contribution in [3.8, 4) is 0 Å². The number of nitrogens with zero attached hydrogens (tertiary/aromatic N) is 1. The maximum atomic E-state index is 11.6. The minimum absolute atomic E-state index is 0.176. The van der Waals surface area contributed by atoms with E-state index < -0.39 is 0 Å². The van der Waals surface area contributed by atoms with E-state index in [1.165, 1.54) is 11.3 Å². The van der Waals surface area contributed by atoms with Crippen LogP contribution in [0.1, 0.15) is 18.4 Å². The van der Waals surface area contributed by atoms with Gasteiger partial charge in [-0.3, -0.25) is 14.9 Å². The molecule has 5 heteroatoms. The van der Waals surface area contributed by atoms with Crippen LogP contribution in [0.15, 0.2) is 35.2 Å². The molecule has 1 unspecified atom stereocenters. The smallest absolute Gasteiger partial charge is 0.290 e. The molecule has 1 N–H and O–H groups in total. The Labute approximate surface area is 115 Å². The highest BCUT2D eigenvalue weighted by Crippen LogP contribution is 2.38. The van der Waals surface area contributed by atoms with Gasteiger partial charge in [0.15, 0.2) is 0 Å². The van der Waals surface area contributed by atoms with Crippen LogP contribution in [-0.2, 0) is 4.79 Å². The van der Waals surface area contributed by atoms with E-state index in [-0.39, 0.29) is 17.1 Å². The topological polar surface area (TPSA) is 49.4 Å². The number of hydrogen-bond acceptors (Lipinski definition) is 4. The lowest BCUT2D eigenvalue weighted by Gasteiger charge is -2.16. The monoisotopic (exact) mass is 274 g/mol. The van der Waals surface area contributed by atoms with Gasteiger partial charge in [0.05, 0.1) is 4.91 Å². The Balaban J connectivity index is 1.94. The predicted molar refractivity (Wildman–Crippen MR) is 76.3 cm³/mol. The molecule has 1 atom stereocenters. The second kappa shape index (κ2) is 4.74. The van der Waals surface area contributed by atoms with E-state index >= 15 is 0 Å². The molecule has 0 bridgehead atoms. The van der Waals surface area contributed by atoms with Crippen molar-refractivity contribution in [2.24, 2.45) is 0 Å². The van der Waals surface area contributed by atoms with Gasteiger partial charge >= 0.3 is 0 Å². The molecule has 2 aliphatic heterocycles. The molecule has 0 radical (unpaired) electrons. The van der Waals surface area contributed by atoms with Crippen LogP contribution in [0.3, 0.4) is 0 Å². The van der Waals surface area contributed by atoms with Crippen LogP contribution in [0.5, 0.6) is 0 Å². The van der Waals surface area contributed by atoms with Gasteiger partial charge < -0.3 is 4.90 Å². The van der Waals surface area contributed by atoms with Gasteiger partial charge in [-0.2, -0.15) is 0 Å². The number of para-hydroxylation sites is 1. The van der Waals surface area contributed by atoms with E-state index in [1.54, 1.807) is 0 Å². The number of nitrogens with one attached hydrogen (secondary N) is 1. The Bertz CT molecular complexity index is 583. The quantitative estimate of drug-likeness (QED) is 0.842. The van der Waals surface area contributed by atoms with Gasteiger partial charge in [-0.1, -0.05) is 24.3 Å². The zero-order chi connectivity index (χ0) is 13.4. The summed E-state index contributed by atoms with van der Waals surface area (Å²) in [6.07, 6.45) is 1.92. The number of benzene rings is 1. The zero-order valence-electron chi connectivity index (χ0n) is 10.6. The number of carbonyl (C=O) groups excluding carboxylic acids is 2. The molecule has 1 aromatic carbocycles. The van der Waals surface area contributed by atoms with E-state index in [4.69, 9.17) is 0 Å². The summed E-state index contributed by atoms with van der Waals surface area (Å²) >= 11 is 0.987. The fourth-order valence-corrected chi connectivity index (χ4v) is 3.30. The molecule has 0 saturated carbocycles. The molecule has 0 aliphatic carbocycles. The zero-order valence-corrected chi connectivity index (χ0v) is 11.4. The second-order valence-corrected chi connectivity index (χ2v) is 5.59. The van der Waals surface area contributed by atoms with Crippen molar-refractivity contribution in [3.05, 3.63) is 40.8 Å². The van der Waals surface area contributed by atoms with Crippen LogP contribution in [0, 0.1) is 0 Å². The van der Waals surface area contributed by atoms with Crippen molar-refractivity contribution in [2.75, 3.05) is 18.0 Å². The van der Waals surface area contributed by atoms with Crippen LogP contribution >= 0.6 is 11.8 Å². The van der Waals surface area contributed by atoms with Crippen LogP contribution < -0.4 is 10.2 Å². The van der Waals surface area contributed by atoms with Crippen molar-refractivity contribution in [1.29, 1.82) is 0 Å². The summed E-state index contributed by atoms with van der Waals surface area (Å²) in [7, 11) is 0. The van der Waals surface area contributed by atoms with Crippen LogP contribution in [0.25, 0.3) is 0 Å². The number of amides is 2. The van der Waals surface area contributed by atoms with E-state index in [0.29, 0.717) is 4.91 Å². The first-order valence-corrected chi connectivity index (χ1v) is 7.09. The largest absolute Gasteiger partial charge is 0.371 e. The number of thioether (sulfide) groups is 1. The summed E-state index contributed by atoms with van der Waals surface area (Å²) < 4.78 is 0. The number of hydrogen-bond donors (Lipinski definition) is 1. The SMILES string of the molecule is CCN1CC(/C=C2\SC(=O)NC2=O)c2ccccc21. The van der Waals surface area contributed by atoms with E-state index in [9.17, 15) is 9.59 Å². The van der Waals surface area contributed by atoms with Crippen molar-refractivity contribution < 1.29 is 9.59 Å². The Hall–Kier alpha value is -1.75. The standard InChI is InChI=1S/C14H14N2O2S/c1-2-16-8-9(10-5-3-4-6-11(10)16)7-12-13(17)15-14(18)19-12/h3-7,9H,2,8H2,1H3,(H,15,17,18)/b12-7-. The first-order valence-electron chi connectivity index (χ1n) is 6.28. The van der Waals surface area contributed by atoms with Gasteiger partial charge in [0, 0.05) is 24.7 Å². The first-order chi connectivity index (χ1) is 9.19. The highest BCUT2D eigenvalue weighted by Gasteiger charge is 2.30. The molecule has 0 aromatic heterocycles. The van der Waals surface area contributed by atoms with E-state index in [1.807, 2.05) is 18.2 Å². The van der Waals surface area contributed by atoms with Gasteiger partial charge in [-0.25, -0.2) is 0 Å². The minimum atomic E-state index is -0.283. The highest BCUT2D eigenvalue weighted by molar-refractivity contribution is 8.18. The number of anilines is 1. The molecule has 2 heterocycles. The highest BCUT2D eigenvalue weighted by atomic mass is 32.2. The molecule has 1 fully saturated rings. The van der Waals surface area contributed by atoms with Crippen LogP contribution in [0.4, 0.5) is 10.5 Å². The summed E-state index contributed by atoms with van der Waals surface area (Å²) in [5.41, 5.74) is 2.45. The summed E-state index contributed by atoms with van der Waals surface area (Å²) in [5, 5.41) is 2.01. The van der Waals surface area contributed by atoms with Crippen molar-refractivity contribution in [3.63, 3.8) is 0 Å². The molecule has 19 heavy (non-hydrogen) atoms. The normalized spacial score (nSPS) is 23.9. The Morgan fingerprint density at radius 1 is 1.42 bits per heavy atom. The van der Waals surface area contributed by atoms with Crippen molar-refractivity contribution in [2.45, 2.75) is 12.8 Å². The maximum Gasteiger partial charge on any atom is 0.290 e. The third-order valence-electron chi connectivity index (χ3n) is 3.47. The van der Waals surface area contributed by atoms with Gasteiger partial charge in [-0.05, 0) is 30.3 Å². The van der Waals surface area contributed by atoms with E-state index in [0.717, 1.165) is 24.9 Å². The molecule has 0 spiro atoms. The molecule has 98 valence electrons. The van der Waals surface area contributed by atoms with E-state index in [2.05, 4.69) is 29.3 Å². The van der Waals surface area contributed by atoms with Gasteiger partial charge in [0.2, 0.25) is 0 Å². The Kier molecular flexibility index (Phi) is 3.06. The third-order valence-corrected chi connectivity index (χ3v) is 4.30. The first kappa shape index (κ1) is 12.3. The van der Waals surface area contributed by atoms with Crippen LogP contribution in [-0.4, -0.2) is 24.2 Å². The van der Waals surface area contributed by atoms with Gasteiger partial charge in [0.25, 0.3) is 11.1 Å². The second-order valence-electron chi connectivity index (χ2n) is 4.58. The molecule has 1 aromatic rings. The number of rotatable bonds is 2. The summed E-state index contributed by atoms with van der Waals surface area (Å²) in [5.74, 6) is -0.0993. The molecular weight excluding hydrogens is 260 g/mol. The fourth-order valence-electron chi connectivity index (χ4n) is 2.58. The lowest BCUT2D eigenvalue weighted by molar-refractivity contribution is -0.115. The molecule has 4 nitrogen and oxygen atoms in total. The molecular formula is C14H14N2O2S. The average molecular weight is 274 g/mol. The Morgan fingerprint density at radius 2 is 2.21 bits per heavy atom. The molecule has 3 rings (SSSR count). The summed E-state index contributed by atoms with van der Waals surface area (Å²) in [6, 6.07) is 8.23. The summed E-state index contributed by atoms with van der Waals surface area (Å²) in [6.45, 7) is 3.92. The van der Waals surface area contributed by atoms with Crippen molar-refractivity contribution >= 4 is 28.6 Å². The molecule has 2 aliphatic rings. The fraction of sp³-hybridized carbons (Fsp3) is 0.286. The number of likely N-dealkylation sites (N-methyl/N-ethyl adjacent to an activating group) is 1.